The summed E-state index contributed by atoms with van der Waals surface area (Å²) >= 11 is 0. The predicted molar refractivity (Wildman–Crippen MR) is 34.0 cm³/mol. The van der Waals surface area contributed by atoms with Crippen LogP contribution in [0, 0.1) is 29.9 Å². The summed E-state index contributed by atoms with van der Waals surface area (Å²) in [4.78, 5) is 0. The largest absolute Gasteiger partial charge is 0 e. The van der Waals surface area contributed by atoms with Crippen molar-refractivity contribution in [3.05, 3.63) is 0 Å². The van der Waals surface area contributed by atoms with Gasteiger partial charge in [0.2, 0.25) is 0 Å². The van der Waals surface area contributed by atoms with Crippen molar-refractivity contribution in [2.45, 2.75) is 0 Å². The van der Waals surface area contributed by atoms with Crippen molar-refractivity contribution >= 4 is 52.8 Å². The van der Waals surface area contributed by atoms with Crippen LogP contribution in [0.4, 0.5) is 0 Å². The molecule has 0 saturated carbocycles. The molecule has 0 nitrogen and oxygen atoms in total. The van der Waals surface area contributed by atoms with Crippen LogP contribution in [0.2, 0.25) is 0 Å². The van der Waals surface area contributed by atoms with Crippen LogP contribution in [0.15, 0.2) is 0 Å². The van der Waals surface area contributed by atoms with Gasteiger partial charge >= 0.3 is 52.8 Å². The second kappa shape index (κ2) is 17.4. The SMILES string of the molecule is [GeH4].[GeH4].[GeH4].[Np]. The zero-order valence-corrected chi connectivity index (χ0v) is 4.17. The Morgan fingerprint density at radius 3 is 0.500 bits per heavy atom. The molecule has 0 heterocycles. The summed E-state index contributed by atoms with van der Waals surface area (Å²) in [6, 6.07) is 0. The van der Waals surface area contributed by atoms with Crippen molar-refractivity contribution < 1.29 is 29.9 Å². The summed E-state index contributed by atoms with van der Waals surface area (Å²) < 4.78 is 0. The average molecular weight is 467 g/mol. The van der Waals surface area contributed by atoms with Gasteiger partial charge in [0.15, 0.2) is 0 Å². The quantitative estimate of drug-likeness (QED) is 0.317. The molecule has 0 rings (SSSR count). The Kier molecular flexibility index (Phi) is 132. The Balaban J connectivity index is 0. The van der Waals surface area contributed by atoms with E-state index in [1.165, 1.54) is 0 Å². The van der Waals surface area contributed by atoms with Crippen LogP contribution in [0.5, 0.6) is 0 Å². The molecular weight excluding hydrogens is 455 g/mol. The smallest absolute Gasteiger partial charge is 0 e. The zero-order valence-electron chi connectivity index (χ0n) is 0.447. The molecule has 0 atom stereocenters. The number of rotatable bonds is 0. The minimum atomic E-state index is 0. The second-order valence-electron chi connectivity index (χ2n) is 0. The first-order valence-corrected chi connectivity index (χ1v) is 0. The van der Waals surface area contributed by atoms with Gasteiger partial charge in [-0.05, 0) is 0 Å². The van der Waals surface area contributed by atoms with Crippen molar-refractivity contribution in [3.8, 4) is 0 Å². The van der Waals surface area contributed by atoms with Crippen molar-refractivity contribution in [2.24, 2.45) is 0 Å². The standard InChI is InChI=1S/3GeH4.Np/h3*1H4;. The van der Waals surface area contributed by atoms with E-state index in [-0.39, 0.29) is 82.7 Å². The molecular formula is H12Ge3Np. The minimum Gasteiger partial charge on any atom is 0 e. The van der Waals surface area contributed by atoms with Crippen LogP contribution in [0.25, 0.3) is 0 Å². The minimum absolute atomic E-state index is 0. The summed E-state index contributed by atoms with van der Waals surface area (Å²) in [5.74, 6) is 0. The number of hydrogen-bond donors (Lipinski definition) is 0. The molecule has 4 heteroatoms. The van der Waals surface area contributed by atoms with Crippen molar-refractivity contribution in [1.82, 2.24) is 0 Å². The topological polar surface area (TPSA) is 0 Å². The van der Waals surface area contributed by atoms with E-state index >= 15 is 0 Å². The van der Waals surface area contributed by atoms with E-state index in [0.717, 1.165) is 0 Å². The molecule has 0 saturated heterocycles. The van der Waals surface area contributed by atoms with Gasteiger partial charge < -0.3 is 0 Å². The second-order valence-corrected chi connectivity index (χ2v) is 0. The summed E-state index contributed by atoms with van der Waals surface area (Å²) in [6.07, 6.45) is 0. The van der Waals surface area contributed by atoms with Gasteiger partial charge in [-0.15, -0.1) is 0 Å². The van der Waals surface area contributed by atoms with E-state index in [1.807, 2.05) is 0 Å². The van der Waals surface area contributed by atoms with Gasteiger partial charge in [-0.2, -0.15) is 0 Å². The van der Waals surface area contributed by atoms with Crippen molar-refractivity contribution in [2.75, 3.05) is 0 Å². The summed E-state index contributed by atoms with van der Waals surface area (Å²) in [5, 5.41) is 0. The molecule has 0 aliphatic carbocycles. The third-order valence-electron chi connectivity index (χ3n) is 0. The molecule has 0 spiro atoms. The molecule has 0 N–H and O–H groups in total. The maximum Gasteiger partial charge on any atom is 0 e. The third kappa shape index (κ3) is 8.82. The monoisotopic (exact) mass is 470 g/mol. The van der Waals surface area contributed by atoms with E-state index in [4.69, 9.17) is 0 Å². The Hall–Kier alpha value is 2.64. The summed E-state index contributed by atoms with van der Waals surface area (Å²) in [5.41, 5.74) is 0. The Bertz CT molecular complexity index is 3.25. The van der Waals surface area contributed by atoms with E-state index in [0.29, 0.717) is 0 Å². The van der Waals surface area contributed by atoms with Gasteiger partial charge in [-0.3, -0.25) is 0 Å². The molecule has 4 heavy (non-hydrogen) atoms. The number of hydrogen-bond acceptors (Lipinski definition) is 0. The molecule has 0 aromatic heterocycles. The van der Waals surface area contributed by atoms with Gasteiger partial charge in [0.05, 0.1) is 0 Å². The molecule has 1 radical (unpaired) electrons. The molecule has 0 aromatic rings. The molecule has 0 aromatic carbocycles. The fourth-order valence-electron chi connectivity index (χ4n) is 0. The Morgan fingerprint density at radius 1 is 0.500 bits per heavy atom. The molecule has 0 unspecified atom stereocenters. The predicted octanol–water partition coefficient (Wildman–Crippen LogP) is -4.35. The Morgan fingerprint density at radius 2 is 0.500 bits per heavy atom. The maximum atomic E-state index is 0. The van der Waals surface area contributed by atoms with Gasteiger partial charge in [0, 0.05) is 29.9 Å². The molecule has 0 aliphatic rings. The van der Waals surface area contributed by atoms with E-state index in [1.54, 1.807) is 0 Å². The van der Waals surface area contributed by atoms with E-state index in [2.05, 4.69) is 0 Å². The van der Waals surface area contributed by atoms with Gasteiger partial charge in [0.1, 0.15) is 0 Å². The third-order valence-corrected chi connectivity index (χ3v) is 0. The van der Waals surface area contributed by atoms with Crippen molar-refractivity contribution in [3.63, 3.8) is 0 Å². The van der Waals surface area contributed by atoms with Crippen LogP contribution in [-0.4, -0.2) is 52.8 Å². The van der Waals surface area contributed by atoms with Gasteiger partial charge in [-0.25, -0.2) is 0 Å². The van der Waals surface area contributed by atoms with Gasteiger partial charge in [-0.1, -0.05) is 0 Å². The zero-order chi connectivity index (χ0) is 0. The van der Waals surface area contributed by atoms with Gasteiger partial charge in [0.25, 0.3) is 0 Å². The first-order valence-electron chi connectivity index (χ1n) is 0. The fourth-order valence-corrected chi connectivity index (χ4v) is 0. The molecule has 0 aliphatic heterocycles. The average Bonchev–Trinajstić information content (AvgIpc) is 0. The molecule has 0 amide bonds. The van der Waals surface area contributed by atoms with E-state index < -0.39 is 0 Å². The Labute approximate surface area is 81.4 Å². The van der Waals surface area contributed by atoms with Crippen LogP contribution in [0.3, 0.4) is 0 Å². The molecule has 0 bridgehead atoms. The first-order chi connectivity index (χ1) is 0. The first kappa shape index (κ1) is 30.3. The van der Waals surface area contributed by atoms with E-state index in [9.17, 15) is 0 Å². The molecule has 0 fully saturated rings. The summed E-state index contributed by atoms with van der Waals surface area (Å²) in [6.45, 7) is 0. The van der Waals surface area contributed by atoms with Crippen LogP contribution < -0.4 is 0 Å². The van der Waals surface area contributed by atoms with Crippen LogP contribution in [0.1, 0.15) is 0 Å². The van der Waals surface area contributed by atoms with Crippen LogP contribution >= 0.6 is 0 Å². The fraction of sp³-hybridized carbons (Fsp3) is 0. The van der Waals surface area contributed by atoms with Crippen molar-refractivity contribution in [1.29, 1.82) is 0 Å². The maximum absolute atomic E-state index is 0. The normalized spacial score (nSPS) is 0. The molecule has 29 valence electrons. The van der Waals surface area contributed by atoms with Crippen LogP contribution in [-0.2, 0) is 0 Å². The summed E-state index contributed by atoms with van der Waals surface area (Å²) in [7, 11) is 0.